The van der Waals surface area contributed by atoms with Crippen LogP contribution in [0.2, 0.25) is 0 Å². The lowest BCUT2D eigenvalue weighted by atomic mass is 9.88. The highest BCUT2D eigenvalue weighted by molar-refractivity contribution is 5.20. The van der Waals surface area contributed by atoms with Crippen molar-refractivity contribution in [2.45, 2.75) is 19.9 Å². The van der Waals surface area contributed by atoms with E-state index in [0.29, 0.717) is 5.56 Å². The van der Waals surface area contributed by atoms with Gasteiger partial charge in [-0.25, -0.2) is 8.78 Å². The van der Waals surface area contributed by atoms with Crippen LogP contribution >= 0.6 is 0 Å². The Balaban J connectivity index is 1.96. The van der Waals surface area contributed by atoms with E-state index in [-0.39, 0.29) is 11.5 Å². The SMILES string of the molecule is CC(NCC1(C)COC1)c1cc(F)cc(F)c1. The van der Waals surface area contributed by atoms with Crippen molar-refractivity contribution in [2.24, 2.45) is 5.41 Å². The zero-order valence-corrected chi connectivity index (χ0v) is 10.1. The monoisotopic (exact) mass is 241 g/mol. The predicted molar refractivity (Wildman–Crippen MR) is 61.7 cm³/mol. The summed E-state index contributed by atoms with van der Waals surface area (Å²) < 4.78 is 31.3. The molecule has 2 rings (SSSR count). The van der Waals surface area contributed by atoms with Gasteiger partial charge in [-0.3, -0.25) is 0 Å². The summed E-state index contributed by atoms with van der Waals surface area (Å²) in [7, 11) is 0. The van der Waals surface area contributed by atoms with Crippen LogP contribution < -0.4 is 5.32 Å². The molecule has 1 unspecified atom stereocenters. The van der Waals surface area contributed by atoms with Crippen LogP contribution in [0.3, 0.4) is 0 Å². The van der Waals surface area contributed by atoms with Gasteiger partial charge in [0.15, 0.2) is 0 Å². The van der Waals surface area contributed by atoms with Crippen LogP contribution in [0.1, 0.15) is 25.5 Å². The lowest BCUT2D eigenvalue weighted by molar-refractivity contribution is -0.0999. The maximum atomic E-state index is 13.1. The first-order chi connectivity index (χ1) is 7.98. The second-order valence-electron chi connectivity index (χ2n) is 5.11. The van der Waals surface area contributed by atoms with Crippen LogP contribution in [0.4, 0.5) is 8.78 Å². The molecule has 0 radical (unpaired) electrons. The smallest absolute Gasteiger partial charge is 0.126 e. The molecule has 2 nitrogen and oxygen atoms in total. The van der Waals surface area contributed by atoms with Crippen molar-refractivity contribution in [1.82, 2.24) is 5.32 Å². The summed E-state index contributed by atoms with van der Waals surface area (Å²) in [6.07, 6.45) is 0. The summed E-state index contributed by atoms with van der Waals surface area (Å²) in [5, 5.41) is 3.28. The third-order valence-corrected chi connectivity index (χ3v) is 3.12. The van der Waals surface area contributed by atoms with Crippen LogP contribution in [0.5, 0.6) is 0 Å². The summed E-state index contributed by atoms with van der Waals surface area (Å²) >= 11 is 0. The molecule has 0 amide bonds. The summed E-state index contributed by atoms with van der Waals surface area (Å²) in [6.45, 7) is 6.29. The summed E-state index contributed by atoms with van der Waals surface area (Å²) in [5.41, 5.74) is 0.784. The van der Waals surface area contributed by atoms with Gasteiger partial charge in [-0.15, -0.1) is 0 Å². The molecule has 0 aromatic heterocycles. The van der Waals surface area contributed by atoms with Gasteiger partial charge in [0.05, 0.1) is 13.2 Å². The first-order valence-electron chi connectivity index (χ1n) is 5.76. The average molecular weight is 241 g/mol. The van der Waals surface area contributed by atoms with Crippen molar-refractivity contribution in [3.63, 3.8) is 0 Å². The molecule has 1 atom stereocenters. The van der Waals surface area contributed by atoms with Gasteiger partial charge < -0.3 is 10.1 Å². The van der Waals surface area contributed by atoms with Crippen molar-refractivity contribution in [3.05, 3.63) is 35.4 Å². The summed E-state index contributed by atoms with van der Waals surface area (Å²) in [5.74, 6) is -1.07. The minimum absolute atomic E-state index is 0.0716. The van der Waals surface area contributed by atoms with E-state index in [1.54, 1.807) is 0 Å². The Morgan fingerprint density at radius 2 is 1.88 bits per heavy atom. The Hall–Kier alpha value is -1.00. The molecule has 1 heterocycles. The molecule has 0 saturated carbocycles. The fourth-order valence-corrected chi connectivity index (χ4v) is 1.90. The van der Waals surface area contributed by atoms with Crippen LogP contribution in [-0.4, -0.2) is 19.8 Å². The zero-order chi connectivity index (χ0) is 12.5. The van der Waals surface area contributed by atoms with E-state index in [1.165, 1.54) is 12.1 Å². The maximum Gasteiger partial charge on any atom is 0.126 e. The molecule has 1 fully saturated rings. The van der Waals surface area contributed by atoms with Crippen LogP contribution in [0.25, 0.3) is 0 Å². The van der Waals surface area contributed by atoms with E-state index in [9.17, 15) is 8.78 Å². The van der Waals surface area contributed by atoms with Crippen molar-refractivity contribution >= 4 is 0 Å². The van der Waals surface area contributed by atoms with Crippen LogP contribution in [-0.2, 0) is 4.74 Å². The first-order valence-corrected chi connectivity index (χ1v) is 5.76. The molecule has 0 bridgehead atoms. The fourth-order valence-electron chi connectivity index (χ4n) is 1.90. The van der Waals surface area contributed by atoms with E-state index in [1.807, 2.05) is 6.92 Å². The number of nitrogens with one attached hydrogen (secondary N) is 1. The predicted octanol–water partition coefficient (Wildman–Crippen LogP) is 2.65. The lowest BCUT2D eigenvalue weighted by Gasteiger charge is -2.39. The highest BCUT2D eigenvalue weighted by atomic mass is 19.1. The molecule has 1 aliphatic rings. The second kappa shape index (κ2) is 4.70. The lowest BCUT2D eigenvalue weighted by Crippen LogP contribution is -2.47. The molecule has 1 N–H and O–H groups in total. The minimum atomic E-state index is -0.535. The van der Waals surface area contributed by atoms with Crippen LogP contribution in [0, 0.1) is 17.0 Å². The summed E-state index contributed by atoms with van der Waals surface area (Å²) in [4.78, 5) is 0. The molecular weight excluding hydrogens is 224 g/mol. The van der Waals surface area contributed by atoms with E-state index in [2.05, 4.69) is 12.2 Å². The van der Waals surface area contributed by atoms with Gasteiger partial charge >= 0.3 is 0 Å². The Morgan fingerprint density at radius 3 is 2.35 bits per heavy atom. The molecule has 1 saturated heterocycles. The average Bonchev–Trinajstić information content (AvgIpc) is 2.22. The number of rotatable bonds is 4. The molecule has 1 aromatic rings. The zero-order valence-electron chi connectivity index (χ0n) is 10.1. The normalized spacial score (nSPS) is 19.8. The van der Waals surface area contributed by atoms with Crippen LogP contribution in [0.15, 0.2) is 18.2 Å². The fraction of sp³-hybridized carbons (Fsp3) is 0.538. The van der Waals surface area contributed by atoms with Gasteiger partial charge in [-0.2, -0.15) is 0 Å². The van der Waals surface area contributed by atoms with Crippen molar-refractivity contribution in [2.75, 3.05) is 19.8 Å². The topological polar surface area (TPSA) is 21.3 Å². The van der Waals surface area contributed by atoms with Crippen molar-refractivity contribution in [3.8, 4) is 0 Å². The third-order valence-electron chi connectivity index (χ3n) is 3.12. The number of ether oxygens (including phenoxy) is 1. The molecule has 0 spiro atoms. The molecule has 1 aliphatic heterocycles. The van der Waals surface area contributed by atoms with Gasteiger partial charge in [0.2, 0.25) is 0 Å². The second-order valence-corrected chi connectivity index (χ2v) is 5.11. The Kier molecular flexibility index (Phi) is 3.45. The highest BCUT2D eigenvalue weighted by Gasteiger charge is 2.33. The van der Waals surface area contributed by atoms with E-state index in [4.69, 9.17) is 4.74 Å². The maximum absolute atomic E-state index is 13.1. The molecule has 0 aliphatic carbocycles. The largest absolute Gasteiger partial charge is 0.380 e. The van der Waals surface area contributed by atoms with Gasteiger partial charge in [0.1, 0.15) is 11.6 Å². The van der Waals surface area contributed by atoms with Crippen molar-refractivity contribution in [1.29, 1.82) is 0 Å². The van der Waals surface area contributed by atoms with E-state index >= 15 is 0 Å². The van der Waals surface area contributed by atoms with Gasteiger partial charge in [0.25, 0.3) is 0 Å². The number of halogens is 2. The van der Waals surface area contributed by atoms with E-state index in [0.717, 1.165) is 25.8 Å². The van der Waals surface area contributed by atoms with Gasteiger partial charge in [-0.05, 0) is 24.6 Å². The quantitative estimate of drug-likeness (QED) is 0.875. The minimum Gasteiger partial charge on any atom is -0.380 e. The Labute approximate surface area is 100.0 Å². The van der Waals surface area contributed by atoms with E-state index < -0.39 is 11.6 Å². The molecule has 1 aromatic carbocycles. The standard InChI is InChI=1S/C13H17F2NO/c1-9(16-6-13(2)7-17-8-13)10-3-11(14)5-12(15)4-10/h3-5,9,16H,6-8H2,1-2H3. The van der Waals surface area contributed by atoms with Gasteiger partial charge in [0, 0.05) is 24.1 Å². The summed E-state index contributed by atoms with van der Waals surface area (Å²) in [6, 6.07) is 3.54. The molecule has 4 heteroatoms. The Bertz CT molecular complexity index is 384. The third kappa shape index (κ3) is 3.01. The first kappa shape index (κ1) is 12.5. The number of benzene rings is 1. The number of hydrogen-bond donors (Lipinski definition) is 1. The molecule has 17 heavy (non-hydrogen) atoms. The Morgan fingerprint density at radius 1 is 1.29 bits per heavy atom. The number of hydrogen-bond acceptors (Lipinski definition) is 2. The molecular formula is C13H17F2NO. The highest BCUT2D eigenvalue weighted by Crippen LogP contribution is 2.26. The molecule has 94 valence electrons. The van der Waals surface area contributed by atoms with Gasteiger partial charge in [-0.1, -0.05) is 6.92 Å². The van der Waals surface area contributed by atoms with Crippen molar-refractivity contribution < 1.29 is 13.5 Å².